The smallest absolute Gasteiger partial charge is 0.256 e. The van der Waals surface area contributed by atoms with Crippen molar-refractivity contribution in [2.45, 2.75) is 0 Å². The van der Waals surface area contributed by atoms with Gasteiger partial charge in [-0.1, -0.05) is 109 Å². The highest BCUT2D eigenvalue weighted by Crippen LogP contribution is 2.77. The zero-order valence-electron chi connectivity index (χ0n) is 25.6. The van der Waals surface area contributed by atoms with Crippen LogP contribution in [0.5, 0.6) is 0 Å². The highest BCUT2D eigenvalue weighted by atomic mass is 32.1. The van der Waals surface area contributed by atoms with Crippen molar-refractivity contribution in [3.63, 3.8) is 0 Å². The first-order chi connectivity index (χ1) is 23.4. The van der Waals surface area contributed by atoms with E-state index in [0.717, 1.165) is 0 Å². The largest absolute Gasteiger partial charge is 0.509 e. The van der Waals surface area contributed by atoms with Gasteiger partial charge in [0.05, 0.1) is 31.8 Å². The Kier molecular flexibility index (Phi) is 9.61. The molecule has 7 rings (SSSR count). The molecule has 0 N–H and O–H groups in total. The van der Waals surface area contributed by atoms with E-state index in [1.807, 2.05) is 182 Å². The van der Waals surface area contributed by atoms with E-state index in [-0.39, 0.29) is 0 Å². The van der Waals surface area contributed by atoms with Crippen LogP contribution in [0, 0.1) is 0 Å². The summed E-state index contributed by atoms with van der Waals surface area (Å²) in [5.74, 6) is 0. The molecule has 0 amide bonds. The molecule has 0 saturated carbocycles. The molecule has 0 aliphatic heterocycles. The number of hydrogen-bond acceptors (Lipinski definition) is 6. The van der Waals surface area contributed by atoms with Crippen molar-refractivity contribution in [1.82, 2.24) is 13.5 Å². The quantitative estimate of drug-likeness (QED) is 0.137. The first kappa shape index (κ1) is 32.8. The fourth-order valence-electron chi connectivity index (χ4n) is 5.45. The molecular formula is C36H30N3O3P6+3. The lowest BCUT2D eigenvalue weighted by Crippen LogP contribution is -2.16. The van der Waals surface area contributed by atoms with Gasteiger partial charge in [-0.3, -0.25) is 13.7 Å². The van der Waals surface area contributed by atoms with Crippen LogP contribution in [0.4, 0.5) is 0 Å². The topological polar surface area (TPSA) is 89.9 Å². The highest BCUT2D eigenvalue weighted by Gasteiger charge is 2.61. The minimum atomic E-state index is -3.62. The maximum Gasteiger partial charge on any atom is 0.509 e. The highest BCUT2D eigenvalue weighted by molar-refractivity contribution is 8.42. The van der Waals surface area contributed by atoms with E-state index in [4.69, 9.17) is 13.5 Å². The van der Waals surface area contributed by atoms with Crippen molar-refractivity contribution in [1.29, 1.82) is 0 Å². The average Bonchev–Trinajstić information content (AvgIpc) is 3.18. The third kappa shape index (κ3) is 5.93. The Labute approximate surface area is 283 Å². The van der Waals surface area contributed by atoms with E-state index in [2.05, 4.69) is 0 Å². The number of nitrogens with zero attached hydrogens (tertiary/aromatic N) is 3. The van der Waals surface area contributed by atoms with Crippen molar-refractivity contribution in [3.05, 3.63) is 182 Å². The van der Waals surface area contributed by atoms with Gasteiger partial charge in [0.25, 0.3) is 0 Å². The molecule has 48 heavy (non-hydrogen) atoms. The second-order valence-corrected chi connectivity index (χ2v) is 29.4. The summed E-state index contributed by atoms with van der Waals surface area (Å²) in [5, 5.41) is 3.61. The Morgan fingerprint density at radius 1 is 0.271 bits per heavy atom. The fourth-order valence-corrected chi connectivity index (χ4v) is 34.9. The predicted molar refractivity (Wildman–Crippen MR) is 207 cm³/mol. The van der Waals surface area contributed by atoms with Gasteiger partial charge in [0, 0.05) is 0 Å². The van der Waals surface area contributed by atoms with Crippen LogP contribution in [0.3, 0.4) is 0 Å². The minimum Gasteiger partial charge on any atom is -0.256 e. The molecule has 0 aliphatic rings. The monoisotopic (exact) mass is 738 g/mol. The van der Waals surface area contributed by atoms with Crippen LogP contribution in [0.1, 0.15) is 0 Å². The summed E-state index contributed by atoms with van der Waals surface area (Å²) in [5.41, 5.74) is 0. The lowest BCUT2D eigenvalue weighted by Gasteiger charge is -2.10. The minimum absolute atomic E-state index is 0.602. The first-order valence-corrected chi connectivity index (χ1v) is 26.1. The van der Waals surface area contributed by atoms with Crippen LogP contribution in [0.15, 0.2) is 182 Å². The van der Waals surface area contributed by atoms with E-state index < -0.39 is 43.1 Å². The predicted octanol–water partition coefficient (Wildman–Crippen LogP) is 9.01. The summed E-state index contributed by atoms with van der Waals surface area (Å²) < 4.78 is 63.5. The molecular weight excluding hydrogens is 708 g/mol. The van der Waals surface area contributed by atoms with Crippen LogP contribution >= 0.6 is 43.1 Å². The van der Waals surface area contributed by atoms with Gasteiger partial charge < -0.3 is 0 Å². The summed E-state index contributed by atoms with van der Waals surface area (Å²) in [6, 6.07) is 55.8. The molecule has 1 aromatic heterocycles. The van der Waals surface area contributed by atoms with Crippen LogP contribution in [0.2, 0.25) is 0 Å². The van der Waals surface area contributed by atoms with Crippen molar-refractivity contribution in [2.24, 2.45) is 0 Å². The third-order valence-corrected chi connectivity index (χ3v) is 32.2. The molecule has 0 fully saturated rings. The molecule has 0 unspecified atom stereocenters. The zero-order chi connectivity index (χ0) is 33.0. The number of hydrogen-bond donors (Lipinski definition) is 0. The van der Waals surface area contributed by atoms with Gasteiger partial charge in [0.15, 0.2) is 13.5 Å². The first-order valence-electron chi connectivity index (χ1n) is 15.2. The summed E-state index contributed by atoms with van der Waals surface area (Å²) >= 11 is 0. The molecule has 0 aliphatic carbocycles. The summed E-state index contributed by atoms with van der Waals surface area (Å²) in [4.78, 5) is 0. The summed E-state index contributed by atoms with van der Waals surface area (Å²) in [6.45, 7) is -10.9. The van der Waals surface area contributed by atoms with E-state index >= 15 is 13.7 Å². The Morgan fingerprint density at radius 3 is 0.562 bits per heavy atom. The molecule has 0 saturated heterocycles. The number of benzene rings is 6. The fraction of sp³-hybridized carbons (Fsp3) is 0. The van der Waals surface area contributed by atoms with Crippen LogP contribution < -0.4 is 31.8 Å². The Morgan fingerprint density at radius 2 is 0.417 bits per heavy atom. The Balaban J connectivity index is 1.64. The van der Waals surface area contributed by atoms with E-state index in [0.29, 0.717) is 31.8 Å². The van der Waals surface area contributed by atoms with E-state index in [1.54, 1.807) is 0 Å². The molecule has 1 heterocycles. The normalized spacial score (nSPS) is 13.1. The lowest BCUT2D eigenvalue weighted by molar-refractivity contribution is 0.594. The van der Waals surface area contributed by atoms with Gasteiger partial charge in [0.1, 0.15) is 0 Å². The maximum atomic E-state index is 15.9. The Hall–Kier alpha value is -3.69. The van der Waals surface area contributed by atoms with Gasteiger partial charge in [-0.2, -0.15) is 0 Å². The van der Waals surface area contributed by atoms with Gasteiger partial charge in [-0.25, -0.2) is 0 Å². The standard InChI is InChI=1S/C36H30N3O3P6/c40-46(31-19-7-1-8-20-31,32-21-9-2-10-22-32)43-37-44(47(41,33-23-11-3-12-24-33)34-25-13-4-14-26-34)39-45(38-43)48(42,35-27-15-5-16-28-35)36-29-17-6-18-30-36/h1-30H/q+3. The summed E-state index contributed by atoms with van der Waals surface area (Å²) in [7, 11) is -6.34. The molecule has 12 heteroatoms. The van der Waals surface area contributed by atoms with Crippen molar-refractivity contribution in [2.75, 3.05) is 0 Å². The van der Waals surface area contributed by atoms with Gasteiger partial charge in [0.2, 0.25) is 0 Å². The number of aromatic nitrogens is 3. The molecule has 0 atom stereocenters. The third-order valence-electron chi connectivity index (χ3n) is 7.87. The van der Waals surface area contributed by atoms with Crippen LogP contribution in [-0.4, -0.2) is 13.5 Å². The molecule has 0 bridgehead atoms. The molecule has 234 valence electrons. The van der Waals surface area contributed by atoms with E-state index in [9.17, 15) is 0 Å². The SMILES string of the molecule is O=P(c1ccccc1)(c1ccccc1)[p+]1n[p+](P(=O)(c2ccccc2)c2ccccc2)n[p+](P(=O)(c2ccccc2)c2ccccc2)n1. The Bertz CT molecular complexity index is 1910. The van der Waals surface area contributed by atoms with Gasteiger partial charge in [-0.15, -0.1) is 0 Å². The molecule has 6 aromatic carbocycles. The lowest BCUT2D eigenvalue weighted by atomic mass is 10.4. The van der Waals surface area contributed by atoms with E-state index in [1.165, 1.54) is 0 Å². The van der Waals surface area contributed by atoms with Crippen molar-refractivity contribution in [3.8, 4) is 0 Å². The number of rotatable bonds is 9. The molecule has 0 spiro atoms. The molecule has 6 nitrogen and oxygen atoms in total. The van der Waals surface area contributed by atoms with Gasteiger partial charge in [-0.05, 0) is 72.8 Å². The van der Waals surface area contributed by atoms with Crippen LogP contribution in [0.25, 0.3) is 0 Å². The summed E-state index contributed by atoms with van der Waals surface area (Å²) in [6.07, 6.45) is 0. The molecule has 0 radical (unpaired) electrons. The molecule has 7 aromatic rings. The van der Waals surface area contributed by atoms with Gasteiger partial charge >= 0.3 is 43.1 Å². The zero-order valence-corrected chi connectivity index (χ0v) is 30.9. The average molecular weight is 738 g/mol. The second-order valence-electron chi connectivity index (χ2n) is 10.8. The van der Waals surface area contributed by atoms with Crippen molar-refractivity contribution >= 4 is 74.9 Å². The second kappa shape index (κ2) is 14.0. The van der Waals surface area contributed by atoms with Crippen LogP contribution in [-0.2, 0) is 13.7 Å². The maximum absolute atomic E-state index is 15.9. The van der Waals surface area contributed by atoms with Crippen molar-refractivity contribution < 1.29 is 13.7 Å².